The minimum Gasteiger partial charge on any atom is -0.350 e. The number of nitrogens with one attached hydrogen (secondary N) is 5. The number of anilines is 2. The number of carbonyl (C=O) groups excluding carboxylic acids is 2. The van der Waals surface area contributed by atoms with Gasteiger partial charge in [-0.05, 0) is 36.8 Å². The molecule has 0 saturated heterocycles. The summed E-state index contributed by atoms with van der Waals surface area (Å²) in [6.07, 6.45) is 0.426. The molecule has 0 aliphatic carbocycles. The van der Waals surface area contributed by atoms with Gasteiger partial charge >= 0.3 is 11.7 Å². The minimum atomic E-state index is -0.551. The van der Waals surface area contributed by atoms with Crippen LogP contribution in [0.15, 0.2) is 64.2 Å². The summed E-state index contributed by atoms with van der Waals surface area (Å²) in [6, 6.07) is 15.7. The predicted molar refractivity (Wildman–Crippen MR) is 132 cm³/mol. The molecule has 0 saturated carbocycles. The molecule has 1 unspecified atom stereocenters. The van der Waals surface area contributed by atoms with Crippen molar-refractivity contribution in [1.29, 1.82) is 0 Å². The van der Waals surface area contributed by atoms with Gasteiger partial charge in [0.2, 0.25) is 5.91 Å². The van der Waals surface area contributed by atoms with Crippen molar-refractivity contribution in [3.8, 4) is 0 Å². The third-order valence-corrected chi connectivity index (χ3v) is 5.47. The molecule has 0 radical (unpaired) electrons. The van der Waals surface area contributed by atoms with Gasteiger partial charge in [0.25, 0.3) is 5.56 Å². The highest BCUT2D eigenvalue weighted by molar-refractivity contribution is 5.99. The topological polar surface area (TPSA) is 154 Å². The van der Waals surface area contributed by atoms with Gasteiger partial charge in [-0.2, -0.15) is 0 Å². The Morgan fingerprint density at radius 1 is 0.971 bits per heavy atom. The molecule has 2 aromatic heterocycles. The van der Waals surface area contributed by atoms with Gasteiger partial charge in [0.15, 0.2) is 5.65 Å². The second-order valence-corrected chi connectivity index (χ2v) is 8.06. The molecule has 4 rings (SSSR count). The number of carbonyl (C=O) groups is 2. The van der Waals surface area contributed by atoms with Gasteiger partial charge in [-0.3, -0.25) is 19.1 Å². The number of rotatable bonds is 7. The highest BCUT2D eigenvalue weighted by atomic mass is 16.2. The molecule has 0 bridgehead atoms. The molecule has 1 atom stereocenters. The fraction of sp³-hybridized carbons (Fsp3) is 0.208. The minimum absolute atomic E-state index is 0.148. The number of imidazole rings is 1. The van der Waals surface area contributed by atoms with Crippen LogP contribution in [0, 0.1) is 0 Å². The van der Waals surface area contributed by atoms with Crippen LogP contribution in [0.3, 0.4) is 0 Å². The molecule has 11 heteroatoms. The normalized spacial score (nSPS) is 11.7. The van der Waals surface area contributed by atoms with Crippen LogP contribution < -0.4 is 27.2 Å². The van der Waals surface area contributed by atoms with Crippen molar-refractivity contribution in [1.82, 2.24) is 24.8 Å². The average molecular weight is 476 g/mol. The van der Waals surface area contributed by atoms with E-state index in [1.807, 2.05) is 37.3 Å². The number of fused-ring (bicyclic) bond motifs is 1. The number of aromatic nitrogens is 4. The van der Waals surface area contributed by atoms with E-state index >= 15 is 0 Å². The number of amides is 3. The first-order valence-corrected chi connectivity index (χ1v) is 11.0. The molecule has 11 nitrogen and oxygen atoms in total. The molecule has 3 amide bonds. The third-order valence-electron chi connectivity index (χ3n) is 5.47. The van der Waals surface area contributed by atoms with Crippen LogP contribution in [-0.4, -0.2) is 31.5 Å². The molecular formula is C24H25N7O4. The highest BCUT2D eigenvalue weighted by Crippen LogP contribution is 2.17. The van der Waals surface area contributed by atoms with E-state index in [-0.39, 0.29) is 42.0 Å². The Labute approximate surface area is 199 Å². The lowest BCUT2D eigenvalue weighted by Gasteiger charge is -2.15. The Morgan fingerprint density at radius 3 is 2.31 bits per heavy atom. The number of H-pyrrole nitrogens is 2. The Balaban J connectivity index is 1.30. The maximum atomic E-state index is 12.4. The lowest BCUT2D eigenvalue weighted by Crippen LogP contribution is -2.28. The molecule has 0 spiro atoms. The fourth-order valence-corrected chi connectivity index (χ4v) is 3.57. The van der Waals surface area contributed by atoms with Crippen molar-refractivity contribution >= 4 is 34.5 Å². The smallest absolute Gasteiger partial charge is 0.329 e. The number of para-hydroxylation sites is 1. The van der Waals surface area contributed by atoms with Gasteiger partial charge in [-0.15, -0.1) is 0 Å². The van der Waals surface area contributed by atoms with E-state index in [9.17, 15) is 19.2 Å². The lowest BCUT2D eigenvalue weighted by atomic mass is 10.1. The van der Waals surface area contributed by atoms with E-state index in [1.165, 1.54) is 11.6 Å². The zero-order chi connectivity index (χ0) is 24.9. The maximum Gasteiger partial charge on any atom is 0.329 e. The summed E-state index contributed by atoms with van der Waals surface area (Å²) in [5, 5.41) is 8.43. The molecule has 0 aliphatic rings. The zero-order valence-electron chi connectivity index (χ0n) is 19.2. The Kier molecular flexibility index (Phi) is 6.76. The monoisotopic (exact) mass is 475 g/mol. The molecular weight excluding hydrogens is 450 g/mol. The van der Waals surface area contributed by atoms with Crippen LogP contribution in [0.1, 0.15) is 30.8 Å². The van der Waals surface area contributed by atoms with Gasteiger partial charge in [0.1, 0.15) is 11.3 Å². The molecule has 35 heavy (non-hydrogen) atoms. The van der Waals surface area contributed by atoms with E-state index in [4.69, 9.17) is 0 Å². The molecule has 0 aliphatic heterocycles. The van der Waals surface area contributed by atoms with Crippen LogP contribution in [0.2, 0.25) is 0 Å². The van der Waals surface area contributed by atoms with E-state index in [0.29, 0.717) is 17.2 Å². The van der Waals surface area contributed by atoms with E-state index < -0.39 is 11.2 Å². The van der Waals surface area contributed by atoms with Gasteiger partial charge in [0, 0.05) is 31.3 Å². The summed E-state index contributed by atoms with van der Waals surface area (Å²) >= 11 is 0. The molecule has 0 fully saturated rings. The first kappa shape index (κ1) is 23.5. The van der Waals surface area contributed by atoms with Gasteiger partial charge in [0.05, 0.1) is 6.04 Å². The number of benzene rings is 2. The summed E-state index contributed by atoms with van der Waals surface area (Å²) in [5.41, 5.74) is 1.53. The fourth-order valence-electron chi connectivity index (χ4n) is 3.57. The number of urea groups is 1. The van der Waals surface area contributed by atoms with Crippen LogP contribution in [0.25, 0.3) is 11.2 Å². The first-order valence-electron chi connectivity index (χ1n) is 11.0. The number of hydrogen-bond donors (Lipinski definition) is 5. The SMILES string of the molecule is CC(NC(=O)CCc1nc2c([nH]1)c(=O)[nH]c(=O)n2C)c1ccc(NC(=O)Nc2ccccc2)cc1. The molecule has 5 N–H and O–H groups in total. The van der Waals surface area contributed by atoms with Crippen LogP contribution in [-0.2, 0) is 18.3 Å². The second kappa shape index (κ2) is 10.1. The Bertz CT molecular complexity index is 1470. The van der Waals surface area contributed by atoms with Crippen molar-refractivity contribution in [2.45, 2.75) is 25.8 Å². The van der Waals surface area contributed by atoms with E-state index in [2.05, 4.69) is 30.9 Å². The van der Waals surface area contributed by atoms with Crippen LogP contribution >= 0.6 is 0 Å². The quantitative estimate of drug-likeness (QED) is 0.278. The predicted octanol–water partition coefficient (Wildman–Crippen LogP) is 2.40. The first-order chi connectivity index (χ1) is 16.8. The van der Waals surface area contributed by atoms with Crippen molar-refractivity contribution < 1.29 is 9.59 Å². The average Bonchev–Trinajstić information content (AvgIpc) is 3.27. The number of nitrogens with zero attached hydrogens (tertiary/aromatic N) is 2. The summed E-state index contributed by atoms with van der Waals surface area (Å²) in [6.45, 7) is 1.86. The molecule has 2 aromatic carbocycles. The van der Waals surface area contributed by atoms with Crippen LogP contribution in [0.4, 0.5) is 16.2 Å². The lowest BCUT2D eigenvalue weighted by molar-refractivity contribution is -0.121. The summed E-state index contributed by atoms with van der Waals surface area (Å²) in [4.78, 5) is 57.5. The highest BCUT2D eigenvalue weighted by Gasteiger charge is 2.14. The van der Waals surface area contributed by atoms with Crippen molar-refractivity contribution in [3.63, 3.8) is 0 Å². The third kappa shape index (κ3) is 5.64. The standard InChI is InChI=1S/C24H25N7O4/c1-14(15-8-10-17(11-9-15)27-23(34)26-16-6-4-3-5-7-16)25-19(32)13-12-18-28-20-21(29-18)31(2)24(35)30-22(20)33/h3-11,14H,12-13H2,1-2H3,(H,25,32)(H,28,29)(H2,26,27,34)(H,30,33,35). The van der Waals surface area contributed by atoms with Gasteiger partial charge < -0.3 is 20.9 Å². The molecule has 2 heterocycles. The summed E-state index contributed by atoms with van der Waals surface area (Å²) in [7, 11) is 1.51. The Hall–Kier alpha value is -4.67. The van der Waals surface area contributed by atoms with Gasteiger partial charge in [-0.1, -0.05) is 30.3 Å². The summed E-state index contributed by atoms with van der Waals surface area (Å²) in [5.74, 6) is 0.254. The van der Waals surface area contributed by atoms with E-state index in [0.717, 1.165) is 5.56 Å². The van der Waals surface area contributed by atoms with Crippen molar-refractivity contribution in [2.75, 3.05) is 10.6 Å². The number of hydrogen-bond acceptors (Lipinski definition) is 5. The largest absolute Gasteiger partial charge is 0.350 e. The van der Waals surface area contributed by atoms with Crippen molar-refractivity contribution in [3.05, 3.63) is 86.8 Å². The number of aromatic amines is 2. The summed E-state index contributed by atoms with van der Waals surface area (Å²) < 4.78 is 1.24. The molecule has 4 aromatic rings. The van der Waals surface area contributed by atoms with Gasteiger partial charge in [-0.25, -0.2) is 14.6 Å². The zero-order valence-corrected chi connectivity index (χ0v) is 19.2. The second-order valence-electron chi connectivity index (χ2n) is 8.06. The molecule has 180 valence electrons. The van der Waals surface area contributed by atoms with E-state index in [1.54, 1.807) is 24.3 Å². The Morgan fingerprint density at radius 2 is 1.63 bits per heavy atom. The maximum absolute atomic E-state index is 12.4. The van der Waals surface area contributed by atoms with Crippen LogP contribution in [0.5, 0.6) is 0 Å². The number of aryl methyl sites for hydroxylation is 2. The van der Waals surface area contributed by atoms with Crippen molar-refractivity contribution in [2.24, 2.45) is 7.05 Å².